The van der Waals surface area contributed by atoms with Crippen LogP contribution in [0.5, 0.6) is 0 Å². The molecule has 0 aliphatic carbocycles. The maximum Gasteiger partial charge on any atom is 0.337 e. The molecule has 0 radical (unpaired) electrons. The molecule has 1 aromatic carbocycles. The molecule has 8 nitrogen and oxygen atoms in total. The second-order valence-corrected chi connectivity index (χ2v) is 6.22. The zero-order chi connectivity index (χ0) is 18.0. The molecule has 2 saturated heterocycles. The minimum atomic E-state index is -1.27. The minimum Gasteiger partial charge on any atom is -0.478 e. The summed E-state index contributed by atoms with van der Waals surface area (Å²) in [7, 11) is 0. The molecule has 2 fully saturated rings. The molecule has 25 heavy (non-hydrogen) atoms. The number of aliphatic hydroxyl groups excluding tert-OH is 2. The molecule has 0 aromatic heterocycles. The number of aromatic carboxylic acids is 1. The summed E-state index contributed by atoms with van der Waals surface area (Å²) in [5.74, 6) is -1.10. The topological polar surface area (TPSA) is 117 Å². The Morgan fingerprint density at radius 3 is 2.72 bits per heavy atom. The average Bonchev–Trinajstić information content (AvgIpc) is 2.60. The molecule has 2 heterocycles. The number of hydrogen-bond acceptors (Lipinski definition) is 7. The predicted octanol–water partition coefficient (Wildman–Crippen LogP) is 0.785. The fraction of sp³-hybridized carbons (Fsp3) is 0.588. The second kappa shape index (κ2) is 7.67. The molecule has 0 bridgehead atoms. The van der Waals surface area contributed by atoms with Crippen molar-refractivity contribution in [2.75, 3.05) is 11.9 Å². The van der Waals surface area contributed by atoms with Gasteiger partial charge >= 0.3 is 5.97 Å². The molecule has 6 atom stereocenters. The standard InChI is InChI=1S/C17H23NO7/c1-2-5-12-23-8-11-15(25-12)13(19)14(20)16(24-11)18-10-7-4-3-6-9(10)17(21)22/h3-4,6-7,11-16,18-20H,2,5,8H2,1H3,(H,21,22)/t11-,12?,13-,14-,15-,16-/m1/s1. The maximum absolute atomic E-state index is 11.3. The summed E-state index contributed by atoms with van der Waals surface area (Å²) in [5, 5.41) is 32.9. The maximum atomic E-state index is 11.3. The lowest BCUT2D eigenvalue weighted by atomic mass is 9.97. The van der Waals surface area contributed by atoms with E-state index in [2.05, 4.69) is 5.32 Å². The highest BCUT2D eigenvalue weighted by atomic mass is 16.7. The number of carboxylic acids is 1. The van der Waals surface area contributed by atoms with Gasteiger partial charge in [0.05, 0.1) is 17.9 Å². The van der Waals surface area contributed by atoms with Crippen LogP contribution in [0.15, 0.2) is 24.3 Å². The Morgan fingerprint density at radius 1 is 1.24 bits per heavy atom. The Labute approximate surface area is 145 Å². The van der Waals surface area contributed by atoms with Crippen molar-refractivity contribution >= 4 is 11.7 Å². The SMILES string of the molecule is CCCC1OC[C@H]2O[C@@H](Nc3ccccc3C(=O)O)[C@H](O)[C@@H](O)[C@@H]2O1. The fourth-order valence-corrected chi connectivity index (χ4v) is 3.11. The van der Waals surface area contributed by atoms with Gasteiger partial charge in [-0.3, -0.25) is 0 Å². The van der Waals surface area contributed by atoms with Gasteiger partial charge in [0.15, 0.2) is 12.5 Å². The van der Waals surface area contributed by atoms with Gasteiger partial charge in [-0.1, -0.05) is 25.5 Å². The third-order valence-electron chi connectivity index (χ3n) is 4.42. The van der Waals surface area contributed by atoms with Gasteiger partial charge in [0.2, 0.25) is 0 Å². The lowest BCUT2D eigenvalue weighted by Gasteiger charge is -2.46. The number of aliphatic hydroxyl groups is 2. The van der Waals surface area contributed by atoms with E-state index in [0.717, 1.165) is 6.42 Å². The largest absolute Gasteiger partial charge is 0.478 e. The number of benzene rings is 1. The van der Waals surface area contributed by atoms with Crippen molar-refractivity contribution in [1.29, 1.82) is 0 Å². The van der Waals surface area contributed by atoms with E-state index in [1.165, 1.54) is 6.07 Å². The molecular weight excluding hydrogens is 330 g/mol. The highest BCUT2D eigenvalue weighted by molar-refractivity contribution is 5.94. The Kier molecular flexibility index (Phi) is 5.55. The van der Waals surface area contributed by atoms with Crippen LogP contribution in [0.25, 0.3) is 0 Å². The normalized spacial score (nSPS) is 35.0. The summed E-state index contributed by atoms with van der Waals surface area (Å²) in [6.45, 7) is 2.24. The number of carboxylic acid groups (broad SMARTS) is 1. The number of rotatable bonds is 5. The van der Waals surface area contributed by atoms with E-state index in [4.69, 9.17) is 14.2 Å². The molecule has 2 aliphatic heterocycles. The Balaban J connectivity index is 1.72. The summed E-state index contributed by atoms with van der Waals surface area (Å²) < 4.78 is 17.0. The lowest BCUT2D eigenvalue weighted by molar-refractivity contribution is -0.322. The number of ether oxygens (including phenoxy) is 3. The van der Waals surface area contributed by atoms with E-state index in [9.17, 15) is 20.1 Å². The fourth-order valence-electron chi connectivity index (χ4n) is 3.11. The summed E-state index contributed by atoms with van der Waals surface area (Å²) in [6.07, 6.45) is -3.52. The van der Waals surface area contributed by atoms with Crippen LogP contribution in [0.3, 0.4) is 0 Å². The van der Waals surface area contributed by atoms with E-state index in [1.807, 2.05) is 6.92 Å². The predicted molar refractivity (Wildman–Crippen MR) is 87.2 cm³/mol. The van der Waals surface area contributed by atoms with Crippen LogP contribution in [-0.4, -0.2) is 64.8 Å². The number of carbonyl (C=O) groups is 1. The summed E-state index contributed by atoms with van der Waals surface area (Å²) >= 11 is 0. The number of para-hydroxylation sites is 1. The van der Waals surface area contributed by atoms with Crippen LogP contribution in [-0.2, 0) is 14.2 Å². The first-order valence-corrected chi connectivity index (χ1v) is 8.38. The highest BCUT2D eigenvalue weighted by Crippen LogP contribution is 2.30. The lowest BCUT2D eigenvalue weighted by Crippen LogP contribution is -2.64. The highest BCUT2D eigenvalue weighted by Gasteiger charge is 2.48. The molecule has 138 valence electrons. The van der Waals surface area contributed by atoms with E-state index >= 15 is 0 Å². The second-order valence-electron chi connectivity index (χ2n) is 6.22. The van der Waals surface area contributed by atoms with Crippen molar-refractivity contribution in [2.24, 2.45) is 0 Å². The summed E-state index contributed by atoms with van der Waals surface area (Å²) in [6, 6.07) is 6.30. The van der Waals surface area contributed by atoms with Crippen molar-refractivity contribution in [3.63, 3.8) is 0 Å². The smallest absolute Gasteiger partial charge is 0.337 e. The third-order valence-corrected chi connectivity index (χ3v) is 4.42. The molecule has 0 spiro atoms. The number of fused-ring (bicyclic) bond motifs is 1. The Morgan fingerprint density at radius 2 is 2.00 bits per heavy atom. The summed E-state index contributed by atoms with van der Waals surface area (Å²) in [4.78, 5) is 11.3. The molecule has 0 saturated carbocycles. The molecule has 3 rings (SSSR count). The molecule has 8 heteroatoms. The molecule has 2 aliphatic rings. The van der Waals surface area contributed by atoms with Gasteiger partial charge in [-0.25, -0.2) is 4.79 Å². The van der Waals surface area contributed by atoms with Gasteiger partial charge in [-0.05, 0) is 18.6 Å². The van der Waals surface area contributed by atoms with E-state index in [-0.39, 0.29) is 12.2 Å². The zero-order valence-electron chi connectivity index (χ0n) is 13.9. The van der Waals surface area contributed by atoms with Crippen LogP contribution < -0.4 is 5.32 Å². The van der Waals surface area contributed by atoms with Gasteiger partial charge in [-0.15, -0.1) is 0 Å². The third kappa shape index (κ3) is 3.78. The van der Waals surface area contributed by atoms with E-state index < -0.39 is 42.9 Å². The monoisotopic (exact) mass is 353 g/mol. The first kappa shape index (κ1) is 18.1. The van der Waals surface area contributed by atoms with Gasteiger partial charge in [-0.2, -0.15) is 0 Å². The Hall–Kier alpha value is -1.71. The van der Waals surface area contributed by atoms with Crippen molar-refractivity contribution < 1.29 is 34.3 Å². The molecule has 1 unspecified atom stereocenters. The van der Waals surface area contributed by atoms with Crippen molar-refractivity contribution in [1.82, 2.24) is 0 Å². The average molecular weight is 353 g/mol. The molecule has 1 aromatic rings. The van der Waals surface area contributed by atoms with Crippen molar-refractivity contribution in [3.05, 3.63) is 29.8 Å². The van der Waals surface area contributed by atoms with Gasteiger partial charge in [0.1, 0.15) is 24.4 Å². The van der Waals surface area contributed by atoms with E-state index in [0.29, 0.717) is 12.1 Å². The van der Waals surface area contributed by atoms with Crippen molar-refractivity contribution in [3.8, 4) is 0 Å². The number of hydrogen-bond donors (Lipinski definition) is 4. The molecular formula is C17H23NO7. The number of nitrogens with one attached hydrogen (secondary N) is 1. The molecule has 0 amide bonds. The van der Waals surface area contributed by atoms with Crippen LogP contribution >= 0.6 is 0 Å². The Bertz CT molecular complexity index is 608. The summed E-state index contributed by atoms with van der Waals surface area (Å²) in [5.41, 5.74) is 0.347. The quantitative estimate of drug-likeness (QED) is 0.614. The van der Waals surface area contributed by atoms with Gasteiger partial charge < -0.3 is 34.8 Å². The van der Waals surface area contributed by atoms with Crippen LogP contribution in [0.1, 0.15) is 30.1 Å². The first-order valence-electron chi connectivity index (χ1n) is 8.38. The van der Waals surface area contributed by atoms with E-state index in [1.54, 1.807) is 18.2 Å². The van der Waals surface area contributed by atoms with Crippen LogP contribution in [0.2, 0.25) is 0 Å². The van der Waals surface area contributed by atoms with Crippen LogP contribution in [0, 0.1) is 0 Å². The van der Waals surface area contributed by atoms with Gasteiger partial charge in [0, 0.05) is 0 Å². The minimum absolute atomic E-state index is 0.0501. The van der Waals surface area contributed by atoms with Crippen molar-refractivity contribution in [2.45, 2.75) is 56.7 Å². The number of anilines is 1. The zero-order valence-corrected chi connectivity index (χ0v) is 13.9. The molecule has 4 N–H and O–H groups in total. The van der Waals surface area contributed by atoms with Gasteiger partial charge in [0.25, 0.3) is 0 Å². The van der Waals surface area contributed by atoms with Crippen LogP contribution in [0.4, 0.5) is 5.69 Å². The first-order chi connectivity index (χ1) is 12.0.